The number of quaternary nitrogens is 2. The average Bonchev–Trinajstić information content (AvgIpc) is 2.75. The highest BCUT2D eigenvalue weighted by atomic mass is 19.1. The third-order valence-electron chi connectivity index (χ3n) is 5.97. The Morgan fingerprint density at radius 1 is 0.935 bits per heavy atom. The molecule has 0 aromatic heterocycles. The number of carbonyl (C=O) groups is 2. The molecule has 0 aliphatic carbocycles. The summed E-state index contributed by atoms with van der Waals surface area (Å²) in [5.41, 5.74) is 2.55. The molecule has 6 nitrogen and oxygen atoms in total. The number of carbonyl (C=O) groups excluding carboxylic acids is 2. The number of piperazine rings is 1. The smallest absolute Gasteiger partial charge is 0.279 e. The Morgan fingerprint density at radius 2 is 1.55 bits per heavy atom. The zero-order valence-electron chi connectivity index (χ0n) is 18.3. The van der Waals surface area contributed by atoms with Gasteiger partial charge in [0.1, 0.15) is 32.0 Å². The normalized spacial score (nSPS) is 19.5. The second-order valence-corrected chi connectivity index (χ2v) is 8.36. The average molecular weight is 429 g/mol. The summed E-state index contributed by atoms with van der Waals surface area (Å²) in [7, 11) is 0. The summed E-state index contributed by atoms with van der Waals surface area (Å²) in [6.45, 7) is 8.41. The second kappa shape index (κ2) is 11.0. The number of nitrogens with one attached hydrogen (secondary N) is 4. The van der Waals surface area contributed by atoms with Gasteiger partial charge in [-0.15, -0.1) is 0 Å². The van der Waals surface area contributed by atoms with Gasteiger partial charge in [-0.05, 0) is 42.2 Å². The molecule has 0 spiro atoms. The van der Waals surface area contributed by atoms with Crippen molar-refractivity contribution in [2.75, 3.05) is 49.9 Å². The zero-order valence-corrected chi connectivity index (χ0v) is 18.3. The summed E-state index contributed by atoms with van der Waals surface area (Å²) in [6.07, 6.45) is 1.02. The highest BCUT2D eigenvalue weighted by Crippen LogP contribution is 2.26. The van der Waals surface area contributed by atoms with Crippen LogP contribution in [0, 0.1) is 5.82 Å². The first kappa shape index (κ1) is 22.9. The Morgan fingerprint density at radius 3 is 2.16 bits per heavy atom. The fourth-order valence-corrected chi connectivity index (χ4v) is 3.99. The Bertz CT molecular complexity index is 897. The van der Waals surface area contributed by atoms with Gasteiger partial charge in [0.15, 0.2) is 13.1 Å². The highest BCUT2D eigenvalue weighted by molar-refractivity contribution is 5.92. The predicted molar refractivity (Wildman–Crippen MR) is 120 cm³/mol. The molecule has 2 aromatic carbocycles. The van der Waals surface area contributed by atoms with E-state index in [1.807, 2.05) is 18.2 Å². The van der Waals surface area contributed by atoms with E-state index in [2.05, 4.69) is 30.5 Å². The molecule has 2 amide bonds. The minimum absolute atomic E-state index is 0.0260. The van der Waals surface area contributed by atoms with Crippen molar-refractivity contribution >= 4 is 23.2 Å². The van der Waals surface area contributed by atoms with Crippen molar-refractivity contribution in [1.29, 1.82) is 0 Å². The number of para-hydroxylation sites is 1. The van der Waals surface area contributed by atoms with Gasteiger partial charge in [0.05, 0.1) is 0 Å². The largest absolute Gasteiger partial charge is 0.321 e. The quantitative estimate of drug-likeness (QED) is 0.500. The van der Waals surface area contributed by atoms with Gasteiger partial charge in [-0.2, -0.15) is 0 Å². The minimum Gasteiger partial charge on any atom is -0.321 e. The van der Waals surface area contributed by atoms with E-state index in [-0.39, 0.29) is 17.6 Å². The molecule has 1 heterocycles. The molecule has 1 saturated heterocycles. The molecule has 166 valence electrons. The molecule has 7 heteroatoms. The van der Waals surface area contributed by atoms with Crippen LogP contribution in [-0.2, 0) is 9.59 Å². The maximum atomic E-state index is 13.2. The molecule has 4 N–H and O–H groups in total. The van der Waals surface area contributed by atoms with E-state index in [0.717, 1.165) is 38.3 Å². The van der Waals surface area contributed by atoms with Crippen LogP contribution in [0.1, 0.15) is 31.7 Å². The summed E-state index contributed by atoms with van der Waals surface area (Å²) < 4.78 is 13.2. The second-order valence-electron chi connectivity index (χ2n) is 8.36. The van der Waals surface area contributed by atoms with Crippen LogP contribution in [0.3, 0.4) is 0 Å². The van der Waals surface area contributed by atoms with Gasteiger partial charge in [-0.3, -0.25) is 9.59 Å². The Balaban J connectivity index is 1.43. The molecule has 31 heavy (non-hydrogen) atoms. The maximum absolute atomic E-state index is 13.2. The van der Waals surface area contributed by atoms with Crippen LogP contribution in [0.2, 0.25) is 0 Å². The lowest BCUT2D eigenvalue weighted by Crippen LogP contribution is -3.28. The number of benzene rings is 2. The van der Waals surface area contributed by atoms with E-state index in [0.29, 0.717) is 24.7 Å². The molecule has 1 aliphatic rings. The molecule has 0 radical (unpaired) electrons. The van der Waals surface area contributed by atoms with Crippen LogP contribution in [0.15, 0.2) is 48.5 Å². The number of hydrogen-bond donors (Lipinski definition) is 4. The third-order valence-corrected chi connectivity index (χ3v) is 5.97. The molecular formula is C24H33FN4O2+2. The van der Waals surface area contributed by atoms with Crippen molar-refractivity contribution in [3.63, 3.8) is 0 Å². The van der Waals surface area contributed by atoms with Crippen molar-refractivity contribution in [1.82, 2.24) is 0 Å². The van der Waals surface area contributed by atoms with E-state index in [9.17, 15) is 14.0 Å². The summed E-state index contributed by atoms with van der Waals surface area (Å²) in [5, 5.41) is 5.84. The standard InChI is InChI=1S/C24H31FN4O2/c1-3-18(2)21-9-4-5-10-22(21)27-24(31)17-29-13-11-28(12-14-29)16-23(30)26-20-8-6-7-19(25)15-20/h4-10,15,18H,3,11-14,16-17H2,1-2H3,(H,26,30)(H,27,31)/p+2/t18-/m0/s1. The van der Waals surface area contributed by atoms with E-state index in [1.165, 1.54) is 27.5 Å². The van der Waals surface area contributed by atoms with E-state index in [4.69, 9.17) is 0 Å². The first-order chi connectivity index (χ1) is 14.9. The van der Waals surface area contributed by atoms with Crippen molar-refractivity contribution in [3.05, 3.63) is 59.9 Å². The van der Waals surface area contributed by atoms with Crippen LogP contribution >= 0.6 is 0 Å². The van der Waals surface area contributed by atoms with Crippen molar-refractivity contribution < 1.29 is 23.8 Å². The monoisotopic (exact) mass is 428 g/mol. The van der Waals surface area contributed by atoms with Gasteiger partial charge in [-0.25, -0.2) is 4.39 Å². The number of rotatable bonds is 8. The lowest BCUT2D eigenvalue weighted by atomic mass is 9.97. The van der Waals surface area contributed by atoms with Gasteiger partial charge in [0.2, 0.25) is 0 Å². The van der Waals surface area contributed by atoms with Crippen molar-refractivity contribution in [3.8, 4) is 0 Å². The Hall–Kier alpha value is -2.77. The zero-order chi connectivity index (χ0) is 22.2. The van der Waals surface area contributed by atoms with Crippen LogP contribution in [0.4, 0.5) is 15.8 Å². The van der Waals surface area contributed by atoms with Gasteiger partial charge in [0, 0.05) is 11.4 Å². The molecule has 1 aliphatic heterocycles. The highest BCUT2D eigenvalue weighted by Gasteiger charge is 2.26. The molecule has 0 bridgehead atoms. The first-order valence-electron chi connectivity index (χ1n) is 11.1. The number of halogens is 1. The van der Waals surface area contributed by atoms with Crippen LogP contribution in [0.5, 0.6) is 0 Å². The minimum atomic E-state index is -0.368. The topological polar surface area (TPSA) is 67.1 Å². The van der Waals surface area contributed by atoms with Crippen molar-refractivity contribution in [2.45, 2.75) is 26.2 Å². The number of anilines is 2. The summed E-state index contributed by atoms with van der Waals surface area (Å²) >= 11 is 0. The fourth-order valence-electron chi connectivity index (χ4n) is 3.99. The maximum Gasteiger partial charge on any atom is 0.279 e. The first-order valence-corrected chi connectivity index (χ1v) is 11.1. The van der Waals surface area contributed by atoms with Gasteiger partial charge in [-0.1, -0.05) is 38.1 Å². The van der Waals surface area contributed by atoms with E-state index in [1.54, 1.807) is 12.1 Å². The molecule has 1 atom stereocenters. The Labute approximate surface area is 183 Å². The predicted octanol–water partition coefficient (Wildman–Crippen LogP) is 0.700. The van der Waals surface area contributed by atoms with Crippen LogP contribution in [0.25, 0.3) is 0 Å². The molecule has 0 saturated carbocycles. The van der Waals surface area contributed by atoms with E-state index >= 15 is 0 Å². The molecular weight excluding hydrogens is 395 g/mol. The summed E-state index contributed by atoms with van der Waals surface area (Å²) in [6, 6.07) is 13.9. The van der Waals surface area contributed by atoms with Crippen LogP contribution in [-0.4, -0.2) is 51.1 Å². The van der Waals surface area contributed by atoms with Gasteiger partial charge >= 0.3 is 0 Å². The SMILES string of the molecule is CC[C@H](C)c1ccccc1NC(=O)C[NH+]1CC[NH+](CC(=O)Nc2cccc(F)c2)CC1. The Kier molecular flexibility index (Phi) is 8.14. The number of amides is 2. The molecule has 1 fully saturated rings. The summed E-state index contributed by atoms with van der Waals surface area (Å²) in [4.78, 5) is 27.3. The fraction of sp³-hybridized carbons (Fsp3) is 0.417. The summed E-state index contributed by atoms with van der Waals surface area (Å²) in [5.74, 6) is -0.0663. The molecule has 0 unspecified atom stereocenters. The molecule has 3 rings (SSSR count). The third kappa shape index (κ3) is 6.87. The van der Waals surface area contributed by atoms with Gasteiger partial charge < -0.3 is 20.4 Å². The molecule has 2 aromatic rings. The van der Waals surface area contributed by atoms with Gasteiger partial charge in [0.25, 0.3) is 11.8 Å². The number of hydrogen-bond acceptors (Lipinski definition) is 2. The van der Waals surface area contributed by atoms with Crippen molar-refractivity contribution in [2.24, 2.45) is 0 Å². The van der Waals surface area contributed by atoms with E-state index < -0.39 is 0 Å². The lowest BCUT2D eigenvalue weighted by molar-refractivity contribution is -1.00. The van der Waals surface area contributed by atoms with Crippen LogP contribution < -0.4 is 20.4 Å². The lowest BCUT2D eigenvalue weighted by Gasteiger charge is -2.29.